The molecule has 1 fully saturated rings. The van der Waals surface area contributed by atoms with Gasteiger partial charge < -0.3 is 10.1 Å². The molecule has 0 aromatic carbocycles. The molecule has 14 heavy (non-hydrogen) atoms. The van der Waals surface area contributed by atoms with Gasteiger partial charge in [-0.3, -0.25) is 0 Å². The van der Waals surface area contributed by atoms with Crippen LogP contribution in [-0.4, -0.2) is 6.54 Å². The average molecular weight is 189 g/mol. The highest BCUT2D eigenvalue weighted by Gasteiger charge is 2.43. The molecule has 0 aromatic rings. The molecule has 0 radical (unpaired) electrons. The van der Waals surface area contributed by atoms with E-state index >= 15 is 0 Å². The van der Waals surface area contributed by atoms with Crippen molar-refractivity contribution in [2.45, 2.75) is 19.3 Å². The maximum atomic E-state index is 5.13. The van der Waals surface area contributed by atoms with E-state index in [0.29, 0.717) is 5.92 Å². The van der Waals surface area contributed by atoms with Gasteiger partial charge in [0, 0.05) is 23.6 Å². The number of hydrogen-bond donors (Lipinski definition) is 1. The fraction of sp³-hybridized carbons (Fsp3) is 0.500. The Balaban J connectivity index is 1.98. The van der Waals surface area contributed by atoms with E-state index in [2.05, 4.69) is 23.5 Å². The second-order valence-electron chi connectivity index (χ2n) is 4.35. The summed E-state index contributed by atoms with van der Waals surface area (Å²) in [6, 6.07) is 0. The van der Waals surface area contributed by atoms with Gasteiger partial charge in [-0.25, -0.2) is 0 Å². The summed E-state index contributed by atoms with van der Waals surface area (Å²) in [6.45, 7) is 1.03. The largest absolute Gasteiger partial charge is 0.473 e. The van der Waals surface area contributed by atoms with Crippen LogP contribution in [0.25, 0.3) is 0 Å². The van der Waals surface area contributed by atoms with Crippen molar-refractivity contribution in [1.82, 2.24) is 5.32 Å². The van der Waals surface area contributed by atoms with E-state index in [0.717, 1.165) is 6.54 Å². The molecular formula is C12H15NO. The van der Waals surface area contributed by atoms with Crippen LogP contribution in [0.4, 0.5) is 0 Å². The zero-order valence-corrected chi connectivity index (χ0v) is 8.20. The molecule has 0 saturated carbocycles. The Morgan fingerprint density at radius 2 is 2.21 bits per heavy atom. The molecule has 3 rings (SSSR count). The molecule has 2 aliphatic heterocycles. The lowest BCUT2D eigenvalue weighted by atomic mass is 9.72. The van der Waals surface area contributed by atoms with Gasteiger partial charge in [-0.1, -0.05) is 6.08 Å². The fourth-order valence-electron chi connectivity index (χ4n) is 2.79. The summed E-state index contributed by atoms with van der Waals surface area (Å²) in [5.74, 6) is 0.660. The van der Waals surface area contributed by atoms with Crippen LogP contribution in [0.1, 0.15) is 19.3 Å². The van der Waals surface area contributed by atoms with E-state index < -0.39 is 0 Å². The van der Waals surface area contributed by atoms with Crippen LogP contribution in [0.3, 0.4) is 0 Å². The molecule has 0 bridgehead atoms. The quantitative estimate of drug-likeness (QED) is 0.631. The summed E-state index contributed by atoms with van der Waals surface area (Å²) in [5.41, 5.74) is 1.65. The summed E-state index contributed by atoms with van der Waals surface area (Å²) in [4.78, 5) is 0. The summed E-state index contributed by atoms with van der Waals surface area (Å²) < 4.78 is 5.13. The Morgan fingerprint density at radius 3 is 3.07 bits per heavy atom. The Hall–Kier alpha value is -1.18. The highest BCUT2D eigenvalue weighted by Crippen LogP contribution is 2.46. The molecule has 0 aromatic heterocycles. The minimum Gasteiger partial charge on any atom is -0.473 e. The van der Waals surface area contributed by atoms with Gasteiger partial charge in [0.1, 0.15) is 0 Å². The molecule has 2 nitrogen and oxygen atoms in total. The van der Waals surface area contributed by atoms with Crippen molar-refractivity contribution in [3.8, 4) is 0 Å². The Bertz CT molecular complexity index is 315. The Kier molecular flexibility index (Phi) is 1.69. The van der Waals surface area contributed by atoms with Gasteiger partial charge in [0.15, 0.2) is 0 Å². The minimum absolute atomic E-state index is 0.199. The number of hydrogen-bond acceptors (Lipinski definition) is 2. The first-order chi connectivity index (χ1) is 6.91. The van der Waals surface area contributed by atoms with Crippen molar-refractivity contribution in [2.24, 2.45) is 11.3 Å². The standard InChI is InChI=1S/C12H15NO/c1-2-4-11-10(3-1)12(9-13-11)5-7-14-8-6-12/h4-8,10,13H,1-3,9H2. The molecule has 1 spiro atoms. The molecular weight excluding hydrogens is 174 g/mol. The summed E-state index contributed by atoms with van der Waals surface area (Å²) in [7, 11) is 0. The van der Waals surface area contributed by atoms with Crippen LogP contribution in [0.5, 0.6) is 0 Å². The van der Waals surface area contributed by atoms with E-state index in [4.69, 9.17) is 4.74 Å². The van der Waals surface area contributed by atoms with Crippen molar-refractivity contribution < 1.29 is 4.74 Å². The number of allylic oxidation sites excluding steroid dienone is 2. The molecule has 1 aliphatic carbocycles. The third-order valence-corrected chi connectivity index (χ3v) is 3.60. The number of ether oxygens (including phenoxy) is 1. The smallest absolute Gasteiger partial charge is 0.0871 e. The van der Waals surface area contributed by atoms with Gasteiger partial charge in [0.2, 0.25) is 0 Å². The van der Waals surface area contributed by atoms with Gasteiger partial charge >= 0.3 is 0 Å². The van der Waals surface area contributed by atoms with Crippen molar-refractivity contribution in [3.05, 3.63) is 36.4 Å². The summed E-state index contributed by atoms with van der Waals surface area (Å²) in [5, 5.41) is 3.52. The van der Waals surface area contributed by atoms with Crippen LogP contribution in [0.2, 0.25) is 0 Å². The van der Waals surface area contributed by atoms with Gasteiger partial charge in [0.05, 0.1) is 12.5 Å². The van der Waals surface area contributed by atoms with Crippen LogP contribution in [0.15, 0.2) is 36.4 Å². The second-order valence-corrected chi connectivity index (χ2v) is 4.35. The lowest BCUT2D eigenvalue weighted by Crippen LogP contribution is -2.27. The Morgan fingerprint density at radius 1 is 1.36 bits per heavy atom. The van der Waals surface area contributed by atoms with Crippen LogP contribution >= 0.6 is 0 Å². The fourth-order valence-corrected chi connectivity index (χ4v) is 2.79. The molecule has 1 unspecified atom stereocenters. The number of fused-ring (bicyclic) bond motifs is 2. The highest BCUT2D eigenvalue weighted by atomic mass is 16.5. The van der Waals surface area contributed by atoms with Crippen molar-refractivity contribution >= 4 is 0 Å². The van der Waals surface area contributed by atoms with Crippen molar-refractivity contribution in [2.75, 3.05) is 6.54 Å². The average Bonchev–Trinajstić information content (AvgIpc) is 2.60. The van der Waals surface area contributed by atoms with E-state index in [1.165, 1.54) is 25.0 Å². The van der Waals surface area contributed by atoms with E-state index in [9.17, 15) is 0 Å². The number of rotatable bonds is 0. The van der Waals surface area contributed by atoms with Crippen LogP contribution < -0.4 is 5.32 Å². The highest BCUT2D eigenvalue weighted by molar-refractivity contribution is 5.29. The zero-order valence-electron chi connectivity index (χ0n) is 8.20. The van der Waals surface area contributed by atoms with E-state index in [1.807, 2.05) is 12.5 Å². The molecule has 0 amide bonds. The topological polar surface area (TPSA) is 21.3 Å². The second kappa shape index (κ2) is 2.91. The normalized spacial score (nSPS) is 32.0. The number of nitrogens with one attached hydrogen (secondary N) is 1. The maximum absolute atomic E-state index is 5.13. The third-order valence-electron chi connectivity index (χ3n) is 3.60. The molecule has 74 valence electrons. The summed E-state index contributed by atoms with van der Waals surface area (Å²) >= 11 is 0. The SMILES string of the molecule is C1=CC2(C=CO1)CNC1=CCCCC12. The zero-order chi connectivity index (χ0) is 9.43. The van der Waals surface area contributed by atoms with Crippen LogP contribution in [-0.2, 0) is 4.74 Å². The summed E-state index contributed by atoms with van der Waals surface area (Å²) in [6.07, 6.45) is 14.3. The predicted molar refractivity (Wildman–Crippen MR) is 55.2 cm³/mol. The molecule has 2 heteroatoms. The molecule has 1 N–H and O–H groups in total. The van der Waals surface area contributed by atoms with Crippen LogP contribution in [0, 0.1) is 11.3 Å². The first kappa shape index (κ1) is 8.16. The molecule has 1 saturated heterocycles. The van der Waals surface area contributed by atoms with Gasteiger partial charge in [-0.2, -0.15) is 0 Å². The van der Waals surface area contributed by atoms with Gasteiger partial charge in [0.25, 0.3) is 0 Å². The Labute approximate surface area is 84.3 Å². The van der Waals surface area contributed by atoms with E-state index in [-0.39, 0.29) is 5.41 Å². The molecule has 2 heterocycles. The monoisotopic (exact) mass is 189 g/mol. The van der Waals surface area contributed by atoms with Gasteiger partial charge in [-0.05, 0) is 31.4 Å². The van der Waals surface area contributed by atoms with E-state index in [1.54, 1.807) is 0 Å². The molecule has 1 atom stereocenters. The first-order valence-electron chi connectivity index (χ1n) is 5.36. The van der Waals surface area contributed by atoms with Crippen molar-refractivity contribution in [3.63, 3.8) is 0 Å². The molecule has 3 aliphatic rings. The van der Waals surface area contributed by atoms with Crippen molar-refractivity contribution in [1.29, 1.82) is 0 Å². The van der Waals surface area contributed by atoms with Gasteiger partial charge in [-0.15, -0.1) is 0 Å². The first-order valence-corrected chi connectivity index (χ1v) is 5.36. The predicted octanol–water partition coefficient (Wildman–Crippen LogP) is 2.32. The lowest BCUT2D eigenvalue weighted by molar-refractivity contribution is 0.308. The minimum atomic E-state index is 0.199. The lowest BCUT2D eigenvalue weighted by Gasteiger charge is -2.31. The maximum Gasteiger partial charge on any atom is 0.0871 e. The third kappa shape index (κ3) is 1.03.